The van der Waals surface area contributed by atoms with Gasteiger partial charge < -0.3 is 15.2 Å². The summed E-state index contributed by atoms with van der Waals surface area (Å²) in [5, 5.41) is 12.4. The van der Waals surface area contributed by atoms with Crippen molar-refractivity contribution in [2.24, 2.45) is 0 Å². The Morgan fingerprint density at radius 1 is 1.45 bits per heavy atom. The van der Waals surface area contributed by atoms with Gasteiger partial charge >= 0.3 is 5.97 Å². The van der Waals surface area contributed by atoms with Gasteiger partial charge in [-0.2, -0.15) is 0 Å². The first-order valence-corrected chi connectivity index (χ1v) is 8.47. The van der Waals surface area contributed by atoms with Gasteiger partial charge in [0, 0.05) is 24.9 Å². The first-order valence-electron chi connectivity index (χ1n) is 6.98. The van der Waals surface area contributed by atoms with E-state index in [1.807, 2.05) is 0 Å². The zero-order chi connectivity index (χ0) is 16.3. The molecule has 0 saturated heterocycles. The maximum Gasteiger partial charge on any atom is 0.337 e. The average molecular weight is 328 g/mol. The Bertz CT molecular complexity index is 655. The maximum atomic E-state index is 12.3. The number of methoxy groups -OCH3 is 1. The third-order valence-electron chi connectivity index (χ3n) is 3.24. The van der Waals surface area contributed by atoms with E-state index in [9.17, 15) is 18.3 Å². The quantitative estimate of drug-likeness (QED) is 0.664. The summed E-state index contributed by atoms with van der Waals surface area (Å²) in [4.78, 5) is 11.3. The Labute approximate surface area is 129 Å². The monoisotopic (exact) mass is 328 g/mol. The van der Waals surface area contributed by atoms with E-state index in [1.54, 1.807) is 6.92 Å². The van der Waals surface area contributed by atoms with Gasteiger partial charge in [-0.15, -0.1) is 0 Å². The predicted octanol–water partition coefficient (Wildman–Crippen LogP) is 1.27. The van der Waals surface area contributed by atoms with Crippen LogP contribution in [0.2, 0.25) is 0 Å². The molecule has 2 rings (SSSR count). The van der Waals surface area contributed by atoms with Gasteiger partial charge in [0.25, 0.3) is 0 Å². The molecule has 1 unspecified atom stereocenters. The summed E-state index contributed by atoms with van der Waals surface area (Å²) < 4.78 is 31.8. The third kappa shape index (κ3) is 4.19. The Kier molecular flexibility index (Phi) is 5.05. The van der Waals surface area contributed by atoms with Crippen molar-refractivity contribution in [1.29, 1.82) is 0 Å². The Morgan fingerprint density at radius 3 is 2.68 bits per heavy atom. The fourth-order valence-electron chi connectivity index (χ4n) is 2.06. The lowest BCUT2D eigenvalue weighted by Gasteiger charge is -2.15. The normalized spacial score (nSPS) is 16.3. The minimum absolute atomic E-state index is 0.0471. The number of aromatic carboxylic acids is 1. The molecule has 1 aromatic carbocycles. The molecule has 1 saturated carbocycles. The SMILES string of the molecule is COCC(C)NS(=O)(=O)c1ccc(NC2CC2)c(C(=O)O)c1. The van der Waals surface area contributed by atoms with Crippen LogP contribution in [0.5, 0.6) is 0 Å². The van der Waals surface area contributed by atoms with E-state index >= 15 is 0 Å². The first-order chi connectivity index (χ1) is 10.3. The van der Waals surface area contributed by atoms with Gasteiger partial charge in [-0.1, -0.05) is 0 Å². The van der Waals surface area contributed by atoms with Crippen molar-refractivity contribution in [2.45, 2.75) is 36.7 Å². The predicted molar refractivity (Wildman–Crippen MR) is 81.7 cm³/mol. The van der Waals surface area contributed by atoms with E-state index < -0.39 is 22.0 Å². The molecule has 0 aromatic heterocycles. The molecule has 1 aliphatic rings. The lowest BCUT2D eigenvalue weighted by Crippen LogP contribution is -2.35. The zero-order valence-corrected chi connectivity index (χ0v) is 13.3. The summed E-state index contributed by atoms with van der Waals surface area (Å²) in [6.07, 6.45) is 1.99. The van der Waals surface area contributed by atoms with Gasteiger partial charge in [0.05, 0.1) is 17.1 Å². The number of nitrogens with one attached hydrogen (secondary N) is 2. The van der Waals surface area contributed by atoms with Crippen molar-refractivity contribution in [3.63, 3.8) is 0 Å². The van der Waals surface area contributed by atoms with Gasteiger partial charge in [0.1, 0.15) is 0 Å². The van der Waals surface area contributed by atoms with E-state index in [1.165, 1.54) is 25.3 Å². The Hall–Kier alpha value is -1.64. The summed E-state index contributed by atoms with van der Waals surface area (Å²) in [6, 6.07) is 3.94. The van der Waals surface area contributed by atoms with Gasteiger partial charge in [-0.3, -0.25) is 0 Å². The number of carbonyl (C=O) groups is 1. The molecule has 1 atom stereocenters. The molecule has 1 aliphatic carbocycles. The topological polar surface area (TPSA) is 105 Å². The van der Waals surface area contributed by atoms with Gasteiger partial charge in [-0.25, -0.2) is 17.9 Å². The van der Waals surface area contributed by atoms with E-state index in [0.29, 0.717) is 5.69 Å². The van der Waals surface area contributed by atoms with Crippen molar-refractivity contribution >= 4 is 21.7 Å². The molecule has 0 heterocycles. The van der Waals surface area contributed by atoms with Crippen molar-refractivity contribution < 1.29 is 23.1 Å². The number of anilines is 1. The van der Waals surface area contributed by atoms with Crippen LogP contribution in [0.25, 0.3) is 0 Å². The molecule has 1 aromatic rings. The zero-order valence-electron chi connectivity index (χ0n) is 12.5. The fraction of sp³-hybridized carbons (Fsp3) is 0.500. The standard InChI is InChI=1S/C14H20N2O5S/c1-9(8-21-2)16-22(19,20)11-5-6-13(15-10-3-4-10)12(7-11)14(17)18/h5-7,9-10,15-16H,3-4,8H2,1-2H3,(H,17,18). The highest BCUT2D eigenvalue weighted by Crippen LogP contribution is 2.28. The summed E-state index contributed by atoms with van der Waals surface area (Å²) in [6.45, 7) is 1.90. The number of carboxylic acid groups (broad SMARTS) is 1. The first kappa shape index (κ1) is 16.7. The molecule has 0 spiro atoms. The lowest BCUT2D eigenvalue weighted by atomic mass is 10.2. The number of benzene rings is 1. The van der Waals surface area contributed by atoms with Crippen LogP contribution in [0, 0.1) is 0 Å². The number of rotatable bonds is 8. The number of ether oxygens (including phenoxy) is 1. The van der Waals surface area contributed by atoms with Crippen LogP contribution in [0.15, 0.2) is 23.1 Å². The number of sulfonamides is 1. The highest BCUT2D eigenvalue weighted by atomic mass is 32.2. The number of carboxylic acids is 1. The fourth-order valence-corrected chi connectivity index (χ4v) is 3.31. The van der Waals surface area contributed by atoms with Crippen LogP contribution < -0.4 is 10.0 Å². The lowest BCUT2D eigenvalue weighted by molar-refractivity contribution is 0.0697. The molecule has 7 nitrogen and oxygen atoms in total. The maximum absolute atomic E-state index is 12.3. The summed E-state index contributed by atoms with van der Waals surface area (Å²) in [5.41, 5.74) is 0.396. The van der Waals surface area contributed by atoms with E-state index in [4.69, 9.17) is 4.74 Å². The van der Waals surface area contributed by atoms with Crippen molar-refractivity contribution in [3.05, 3.63) is 23.8 Å². The van der Waals surface area contributed by atoms with Crippen LogP contribution in [0.3, 0.4) is 0 Å². The van der Waals surface area contributed by atoms with Gasteiger partial charge in [0.15, 0.2) is 0 Å². The molecular formula is C14H20N2O5S. The second-order valence-corrected chi connectivity index (χ2v) is 7.12. The smallest absolute Gasteiger partial charge is 0.337 e. The van der Waals surface area contributed by atoms with Crippen LogP contribution >= 0.6 is 0 Å². The van der Waals surface area contributed by atoms with Crippen molar-refractivity contribution in [3.8, 4) is 0 Å². The highest BCUT2D eigenvalue weighted by molar-refractivity contribution is 7.89. The second kappa shape index (κ2) is 6.64. The minimum atomic E-state index is -3.79. The van der Waals surface area contributed by atoms with E-state index in [0.717, 1.165) is 12.8 Å². The largest absolute Gasteiger partial charge is 0.478 e. The Balaban J connectivity index is 2.26. The molecule has 122 valence electrons. The van der Waals surface area contributed by atoms with Crippen LogP contribution in [-0.4, -0.2) is 45.3 Å². The second-order valence-electron chi connectivity index (χ2n) is 5.41. The molecule has 0 aliphatic heterocycles. The minimum Gasteiger partial charge on any atom is -0.478 e. The van der Waals surface area contributed by atoms with Crippen LogP contribution in [0.4, 0.5) is 5.69 Å². The van der Waals surface area contributed by atoms with Gasteiger partial charge in [-0.05, 0) is 38.0 Å². The van der Waals surface area contributed by atoms with Crippen LogP contribution in [-0.2, 0) is 14.8 Å². The average Bonchev–Trinajstić information content (AvgIpc) is 3.22. The molecule has 1 fully saturated rings. The van der Waals surface area contributed by atoms with Gasteiger partial charge in [0.2, 0.25) is 10.0 Å². The number of hydrogen-bond donors (Lipinski definition) is 3. The molecule has 22 heavy (non-hydrogen) atoms. The molecular weight excluding hydrogens is 308 g/mol. The molecule has 0 bridgehead atoms. The molecule has 3 N–H and O–H groups in total. The third-order valence-corrected chi connectivity index (χ3v) is 4.83. The van der Waals surface area contributed by atoms with Crippen LogP contribution in [0.1, 0.15) is 30.1 Å². The van der Waals surface area contributed by atoms with Crippen molar-refractivity contribution in [2.75, 3.05) is 19.0 Å². The summed E-state index contributed by atoms with van der Waals surface area (Å²) in [5.74, 6) is -1.16. The molecule has 0 amide bonds. The summed E-state index contributed by atoms with van der Waals surface area (Å²) in [7, 11) is -2.31. The van der Waals surface area contributed by atoms with E-state index in [-0.39, 0.29) is 23.1 Å². The molecule has 0 radical (unpaired) electrons. The highest BCUT2D eigenvalue weighted by Gasteiger charge is 2.25. The Morgan fingerprint density at radius 2 is 2.14 bits per heavy atom. The molecule has 8 heteroatoms. The number of hydrogen-bond acceptors (Lipinski definition) is 5. The summed E-state index contributed by atoms with van der Waals surface area (Å²) >= 11 is 0. The van der Waals surface area contributed by atoms with E-state index in [2.05, 4.69) is 10.0 Å². The van der Waals surface area contributed by atoms with Crippen molar-refractivity contribution in [1.82, 2.24) is 4.72 Å².